The zero-order chi connectivity index (χ0) is 16.3. The van der Waals surface area contributed by atoms with Crippen molar-refractivity contribution in [2.24, 2.45) is 0 Å². The van der Waals surface area contributed by atoms with Gasteiger partial charge in [-0.1, -0.05) is 102 Å². The van der Waals surface area contributed by atoms with Gasteiger partial charge in [-0.3, -0.25) is 0 Å². The smallest absolute Gasteiger partial charge is 0.328 e. The molecule has 0 saturated carbocycles. The van der Waals surface area contributed by atoms with Crippen molar-refractivity contribution in [3.63, 3.8) is 0 Å². The number of unbranched alkanes of at least 4 members (excludes halogenated alkanes) is 11. The van der Waals surface area contributed by atoms with Crippen LogP contribution in [0.15, 0.2) is 36.5 Å². The molecule has 2 nitrogen and oxygen atoms in total. The molecule has 0 spiro atoms. The number of aliphatic carboxylic acids is 1. The summed E-state index contributed by atoms with van der Waals surface area (Å²) in [5, 5.41) is 8.40. The lowest BCUT2D eigenvalue weighted by Crippen LogP contribution is -1.84. The van der Waals surface area contributed by atoms with Gasteiger partial charge >= 0.3 is 5.97 Å². The molecule has 0 aromatic carbocycles. The van der Waals surface area contributed by atoms with Crippen molar-refractivity contribution >= 4 is 5.97 Å². The molecule has 0 aliphatic heterocycles. The molecule has 0 aliphatic carbocycles. The van der Waals surface area contributed by atoms with Crippen LogP contribution in [0.4, 0.5) is 0 Å². The maximum atomic E-state index is 10.2. The van der Waals surface area contributed by atoms with Gasteiger partial charge in [0, 0.05) is 6.08 Å². The third kappa shape index (κ3) is 18.7. The first-order valence-corrected chi connectivity index (χ1v) is 9.00. The van der Waals surface area contributed by atoms with Crippen molar-refractivity contribution in [1.29, 1.82) is 0 Å². The second-order valence-electron chi connectivity index (χ2n) is 5.83. The Kier molecular flexibility index (Phi) is 16.7. The van der Waals surface area contributed by atoms with Crippen LogP contribution in [0.1, 0.15) is 84.0 Å². The summed E-state index contributed by atoms with van der Waals surface area (Å²) in [4.78, 5) is 10.2. The van der Waals surface area contributed by atoms with Crippen molar-refractivity contribution in [2.75, 3.05) is 0 Å². The summed E-state index contributed by atoms with van der Waals surface area (Å²) in [6.07, 6.45) is 26.7. The first-order valence-electron chi connectivity index (χ1n) is 9.00. The number of hydrogen-bond donors (Lipinski definition) is 1. The fourth-order valence-electron chi connectivity index (χ4n) is 2.37. The van der Waals surface area contributed by atoms with Crippen molar-refractivity contribution in [2.45, 2.75) is 84.0 Å². The molecule has 1 N–H and O–H groups in total. The largest absolute Gasteiger partial charge is 0.478 e. The SMILES string of the molecule is CCCCCCCCCCCCC\C=C/C=C/C=C/C(=O)O. The molecular formula is C20H34O2. The normalized spacial score (nSPS) is 12.0. The van der Waals surface area contributed by atoms with E-state index in [9.17, 15) is 4.79 Å². The Balaban J connectivity index is 3.21. The van der Waals surface area contributed by atoms with E-state index in [0.29, 0.717) is 0 Å². The summed E-state index contributed by atoms with van der Waals surface area (Å²) in [7, 11) is 0. The van der Waals surface area contributed by atoms with E-state index in [-0.39, 0.29) is 0 Å². The molecule has 0 rings (SSSR count). The van der Waals surface area contributed by atoms with Crippen molar-refractivity contribution < 1.29 is 9.90 Å². The average Bonchev–Trinajstić information content (AvgIpc) is 2.50. The highest BCUT2D eigenvalue weighted by molar-refractivity contribution is 5.80. The fourth-order valence-corrected chi connectivity index (χ4v) is 2.37. The van der Waals surface area contributed by atoms with Crippen LogP contribution in [-0.4, -0.2) is 11.1 Å². The van der Waals surface area contributed by atoms with E-state index < -0.39 is 5.97 Å². The van der Waals surface area contributed by atoms with Crippen LogP contribution >= 0.6 is 0 Å². The first kappa shape index (κ1) is 20.7. The average molecular weight is 306 g/mol. The van der Waals surface area contributed by atoms with Gasteiger partial charge < -0.3 is 5.11 Å². The maximum Gasteiger partial charge on any atom is 0.328 e. The lowest BCUT2D eigenvalue weighted by Gasteiger charge is -2.01. The molecule has 0 saturated heterocycles. The number of hydrogen-bond acceptors (Lipinski definition) is 1. The minimum atomic E-state index is -0.908. The molecule has 0 unspecified atom stereocenters. The van der Waals surface area contributed by atoms with E-state index in [4.69, 9.17) is 5.11 Å². The van der Waals surface area contributed by atoms with Crippen LogP contribution in [0, 0.1) is 0 Å². The molecule has 0 bridgehead atoms. The number of rotatable bonds is 15. The van der Waals surface area contributed by atoms with Gasteiger partial charge in [-0.25, -0.2) is 4.79 Å². The van der Waals surface area contributed by atoms with Gasteiger partial charge in [-0.2, -0.15) is 0 Å². The predicted molar refractivity (Wildman–Crippen MR) is 96.1 cm³/mol. The van der Waals surface area contributed by atoms with Gasteiger partial charge in [0.2, 0.25) is 0 Å². The van der Waals surface area contributed by atoms with Gasteiger partial charge in [-0.05, 0) is 12.8 Å². The van der Waals surface area contributed by atoms with E-state index in [0.717, 1.165) is 12.5 Å². The molecule has 0 amide bonds. The van der Waals surface area contributed by atoms with E-state index in [1.807, 2.05) is 12.2 Å². The topological polar surface area (TPSA) is 37.3 Å². The fraction of sp³-hybridized carbons (Fsp3) is 0.650. The molecule has 2 heteroatoms. The summed E-state index contributed by atoms with van der Waals surface area (Å²) in [6, 6.07) is 0. The third-order valence-corrected chi connectivity index (χ3v) is 3.68. The Bertz CT molecular complexity index is 327. The van der Waals surface area contributed by atoms with Crippen LogP contribution in [-0.2, 0) is 4.79 Å². The Labute approximate surface area is 137 Å². The zero-order valence-electron chi connectivity index (χ0n) is 14.3. The summed E-state index contributed by atoms with van der Waals surface area (Å²) in [5.74, 6) is -0.908. The molecule has 0 aliphatic rings. The Morgan fingerprint density at radius 1 is 0.727 bits per heavy atom. The standard InChI is InChI=1S/C20H34O2/c1-2-3-4-5-6-7-8-9-10-11-12-13-14-15-16-17-18-19-20(21)22/h14-19H,2-13H2,1H3,(H,21,22)/b15-14-,17-16+,19-18+. The molecular weight excluding hydrogens is 272 g/mol. The quantitative estimate of drug-likeness (QED) is 0.215. The van der Waals surface area contributed by atoms with Gasteiger partial charge in [0.05, 0.1) is 0 Å². The minimum Gasteiger partial charge on any atom is -0.478 e. The lowest BCUT2D eigenvalue weighted by molar-refractivity contribution is -0.131. The summed E-state index contributed by atoms with van der Waals surface area (Å²) < 4.78 is 0. The molecule has 22 heavy (non-hydrogen) atoms. The van der Waals surface area contributed by atoms with Crippen LogP contribution < -0.4 is 0 Å². The number of carboxylic acids is 1. The van der Waals surface area contributed by atoms with Gasteiger partial charge in [0.1, 0.15) is 0 Å². The second kappa shape index (κ2) is 17.7. The van der Waals surface area contributed by atoms with Crippen LogP contribution in [0.5, 0.6) is 0 Å². The monoisotopic (exact) mass is 306 g/mol. The molecule has 0 fully saturated rings. The molecule has 0 atom stereocenters. The summed E-state index contributed by atoms with van der Waals surface area (Å²) in [6.45, 7) is 2.27. The van der Waals surface area contributed by atoms with Crippen molar-refractivity contribution in [3.05, 3.63) is 36.5 Å². The molecule has 0 radical (unpaired) electrons. The highest BCUT2D eigenvalue weighted by Gasteiger charge is 1.92. The molecule has 0 heterocycles. The van der Waals surface area contributed by atoms with E-state index in [1.165, 1.54) is 76.7 Å². The highest BCUT2D eigenvalue weighted by Crippen LogP contribution is 2.11. The van der Waals surface area contributed by atoms with Crippen LogP contribution in [0.25, 0.3) is 0 Å². The second-order valence-corrected chi connectivity index (χ2v) is 5.83. The predicted octanol–water partition coefficient (Wildman–Crippen LogP) is 6.44. The van der Waals surface area contributed by atoms with E-state index >= 15 is 0 Å². The molecule has 126 valence electrons. The van der Waals surface area contributed by atoms with Gasteiger partial charge in [0.25, 0.3) is 0 Å². The van der Waals surface area contributed by atoms with E-state index in [1.54, 1.807) is 6.08 Å². The van der Waals surface area contributed by atoms with Gasteiger partial charge in [0.15, 0.2) is 0 Å². The zero-order valence-corrected chi connectivity index (χ0v) is 14.3. The number of allylic oxidation sites excluding steroid dienone is 5. The van der Waals surface area contributed by atoms with Crippen molar-refractivity contribution in [3.8, 4) is 0 Å². The first-order chi connectivity index (χ1) is 10.8. The van der Waals surface area contributed by atoms with E-state index in [2.05, 4.69) is 13.0 Å². The Hall–Kier alpha value is -1.31. The third-order valence-electron chi connectivity index (χ3n) is 3.68. The van der Waals surface area contributed by atoms with Gasteiger partial charge in [-0.15, -0.1) is 0 Å². The Morgan fingerprint density at radius 3 is 1.77 bits per heavy atom. The summed E-state index contributed by atoms with van der Waals surface area (Å²) in [5.41, 5.74) is 0. The number of carbonyl (C=O) groups is 1. The van der Waals surface area contributed by atoms with Crippen LogP contribution in [0.3, 0.4) is 0 Å². The lowest BCUT2D eigenvalue weighted by atomic mass is 10.1. The number of carboxylic acid groups (broad SMARTS) is 1. The Morgan fingerprint density at radius 2 is 1.23 bits per heavy atom. The van der Waals surface area contributed by atoms with Crippen molar-refractivity contribution in [1.82, 2.24) is 0 Å². The van der Waals surface area contributed by atoms with Crippen LogP contribution in [0.2, 0.25) is 0 Å². The molecule has 0 aromatic heterocycles. The minimum absolute atomic E-state index is 0.908. The highest BCUT2D eigenvalue weighted by atomic mass is 16.4. The summed E-state index contributed by atoms with van der Waals surface area (Å²) >= 11 is 0. The molecule has 0 aromatic rings. The maximum absolute atomic E-state index is 10.2.